The Morgan fingerprint density at radius 1 is 0.635 bits per heavy atom. The summed E-state index contributed by atoms with van der Waals surface area (Å²) in [6.45, 7) is 9.10. The lowest BCUT2D eigenvalue weighted by Gasteiger charge is -2.30. The van der Waals surface area contributed by atoms with Crippen LogP contribution in [0.4, 0.5) is 9.59 Å². The minimum atomic E-state index is -0.749. The molecule has 5 aromatic carbocycles. The summed E-state index contributed by atoms with van der Waals surface area (Å²) in [6.07, 6.45) is 7.81. The van der Waals surface area contributed by atoms with Crippen LogP contribution in [0.1, 0.15) is 126 Å². The van der Waals surface area contributed by atoms with Gasteiger partial charge in [-0.1, -0.05) is 107 Å². The van der Waals surface area contributed by atoms with Crippen molar-refractivity contribution in [3.63, 3.8) is 0 Å². The Bertz CT molecular complexity index is 3190. The molecule has 74 heavy (non-hydrogen) atoms. The summed E-state index contributed by atoms with van der Waals surface area (Å²) < 4.78 is 11.0. The van der Waals surface area contributed by atoms with Gasteiger partial charge in [-0.05, 0) is 150 Å². The lowest BCUT2D eigenvalue weighted by molar-refractivity contribution is -0.135. The van der Waals surface area contributed by atoms with Gasteiger partial charge < -0.3 is 39.9 Å². The van der Waals surface area contributed by atoms with Gasteiger partial charge in [-0.15, -0.1) is 0 Å². The maximum absolute atomic E-state index is 14.2. The van der Waals surface area contributed by atoms with Crippen molar-refractivity contribution in [3.05, 3.63) is 144 Å². The van der Waals surface area contributed by atoms with Crippen LogP contribution in [0.25, 0.3) is 44.5 Å². The number of nitrogens with zero attached hydrogens (tertiary/aromatic N) is 4. The third kappa shape index (κ3) is 9.77. The average molecular weight is 993 g/mol. The molecule has 4 N–H and O–H groups in total. The largest absolute Gasteiger partial charge is 0.413 e. The van der Waals surface area contributed by atoms with E-state index >= 15 is 0 Å². The molecule has 2 aromatic heterocycles. The quantitative estimate of drug-likeness (QED) is 0.0833. The summed E-state index contributed by atoms with van der Waals surface area (Å²) in [5, 5.41) is 5.70. The highest BCUT2D eigenvalue weighted by Gasteiger charge is 2.42. The van der Waals surface area contributed by atoms with Crippen LogP contribution in [0.2, 0.25) is 0 Å². The fraction of sp³-hybridized carbons (Fsp3) is 0.367. The third-order valence-electron chi connectivity index (χ3n) is 15.6. The van der Waals surface area contributed by atoms with Gasteiger partial charge >= 0.3 is 12.2 Å². The van der Waals surface area contributed by atoms with Crippen molar-refractivity contribution < 1.29 is 28.7 Å². The van der Waals surface area contributed by atoms with E-state index in [-0.39, 0.29) is 35.7 Å². The molecule has 14 heteroatoms. The first-order valence-corrected chi connectivity index (χ1v) is 26.5. The number of imidazole rings is 2. The first-order valence-electron chi connectivity index (χ1n) is 26.5. The molecule has 6 unspecified atom stereocenters. The molecule has 380 valence electrons. The van der Waals surface area contributed by atoms with Crippen LogP contribution in [-0.4, -0.2) is 78.9 Å². The lowest BCUT2D eigenvalue weighted by Crippen LogP contribution is -2.51. The van der Waals surface area contributed by atoms with Crippen molar-refractivity contribution in [2.24, 2.45) is 11.8 Å². The molecular formula is C60H64N8O6. The molecule has 1 saturated carbocycles. The van der Waals surface area contributed by atoms with Gasteiger partial charge in [0.05, 0.1) is 35.0 Å². The monoisotopic (exact) mass is 992 g/mol. The van der Waals surface area contributed by atoms with Gasteiger partial charge in [0.25, 0.3) is 0 Å². The number of amides is 4. The van der Waals surface area contributed by atoms with Crippen LogP contribution >= 0.6 is 0 Å². The minimum Gasteiger partial charge on any atom is -0.410 e. The normalized spacial score (nSPS) is 19.8. The summed E-state index contributed by atoms with van der Waals surface area (Å²) in [4.78, 5) is 74.9. The third-order valence-corrected chi connectivity index (χ3v) is 15.6. The zero-order valence-corrected chi connectivity index (χ0v) is 42.5. The zero-order valence-electron chi connectivity index (χ0n) is 42.5. The van der Waals surface area contributed by atoms with E-state index < -0.39 is 24.3 Å². The van der Waals surface area contributed by atoms with Crippen molar-refractivity contribution in [1.82, 2.24) is 40.4 Å². The number of benzene rings is 5. The molecule has 4 aliphatic rings. The zero-order chi connectivity index (χ0) is 51.0. The number of hydrogen-bond acceptors (Lipinski definition) is 8. The standard InChI is InChI=1S/C60H64N8O6/c1-35(2)31-48(65-59(71)73-42-13-7-5-8-14-42)57(69)67-29-12-18-51(67)56-62-46-28-25-39(33-47(46)63-56)45-27-26-44(52-40-23-24-41(32-40)53(45)52)37-19-21-38(22-20-37)49-34-61-55(64-49)50-17-11-30-68(50)58(70)54(36(3)4)66-60(72)74-43-15-9-6-10-16-43/h5-10,13-16,19-22,25-28,33-36,40-41,48,50-51,54H,11-12,17-18,23-24,29-32H2,1-4H3,(H,61,64)(H,62,63)(H,65,71)(H,66,72). The number of likely N-dealkylation sites (tertiary alicyclic amines) is 2. The molecule has 14 nitrogen and oxygen atoms in total. The lowest BCUT2D eigenvalue weighted by atomic mass is 9.81. The second-order valence-corrected chi connectivity index (χ2v) is 21.3. The Morgan fingerprint density at radius 2 is 1.20 bits per heavy atom. The van der Waals surface area contributed by atoms with Gasteiger partial charge in [0.15, 0.2) is 0 Å². The number of aromatic amines is 2. The van der Waals surface area contributed by atoms with E-state index in [4.69, 9.17) is 19.4 Å². The predicted octanol–water partition coefficient (Wildman–Crippen LogP) is 12.0. The second-order valence-electron chi connectivity index (χ2n) is 21.3. The number of H-pyrrole nitrogens is 2. The SMILES string of the molecule is CC(C)CC(NC(=O)Oc1ccccc1)C(=O)N1CCCC1c1nc2ccc(-c3ccc(-c4ccc(-c5cnc(C6CCCN6C(=O)C(NC(=O)Oc6ccccc6)C(C)C)[nH]5)cc4)c4c3C3CCC4C3)cc2[nH]1. The first kappa shape index (κ1) is 48.5. The van der Waals surface area contributed by atoms with Crippen molar-refractivity contribution >= 4 is 35.0 Å². The van der Waals surface area contributed by atoms with E-state index in [0.717, 1.165) is 65.2 Å². The van der Waals surface area contributed by atoms with Crippen LogP contribution in [0.15, 0.2) is 121 Å². The average Bonchev–Trinajstić information content (AvgIpc) is 4.29. The molecule has 0 spiro atoms. The number of para-hydroxylation sites is 2. The maximum Gasteiger partial charge on any atom is 0.413 e. The van der Waals surface area contributed by atoms with E-state index in [1.807, 2.05) is 55.8 Å². The van der Waals surface area contributed by atoms with Gasteiger partial charge in [0, 0.05) is 13.1 Å². The van der Waals surface area contributed by atoms with E-state index in [0.29, 0.717) is 42.8 Å². The molecule has 7 aromatic rings. The number of rotatable bonds is 14. The molecular weight excluding hydrogens is 929 g/mol. The van der Waals surface area contributed by atoms with Crippen LogP contribution in [-0.2, 0) is 9.59 Å². The fourth-order valence-corrected chi connectivity index (χ4v) is 12.1. The molecule has 2 aliphatic carbocycles. The van der Waals surface area contributed by atoms with Crippen LogP contribution in [0.5, 0.6) is 11.5 Å². The van der Waals surface area contributed by atoms with Gasteiger partial charge in [0.1, 0.15) is 35.2 Å². The van der Waals surface area contributed by atoms with Gasteiger partial charge in [0.2, 0.25) is 11.8 Å². The highest BCUT2D eigenvalue weighted by Crippen LogP contribution is 2.58. The second kappa shape index (κ2) is 20.6. The Morgan fingerprint density at radius 3 is 1.82 bits per heavy atom. The predicted molar refractivity (Wildman–Crippen MR) is 284 cm³/mol. The molecule has 0 radical (unpaired) electrons. The number of carbonyl (C=O) groups is 4. The Balaban J connectivity index is 0.792. The van der Waals surface area contributed by atoms with E-state index in [2.05, 4.69) is 75.2 Å². The van der Waals surface area contributed by atoms with Crippen molar-refractivity contribution in [2.75, 3.05) is 13.1 Å². The smallest absolute Gasteiger partial charge is 0.410 e. The minimum absolute atomic E-state index is 0.125. The highest BCUT2D eigenvalue weighted by molar-refractivity contribution is 5.89. The topological polar surface area (TPSA) is 175 Å². The Kier molecular flexibility index (Phi) is 13.5. The van der Waals surface area contributed by atoms with Crippen molar-refractivity contribution in [1.29, 1.82) is 0 Å². The highest BCUT2D eigenvalue weighted by atomic mass is 16.6. The number of aromatic nitrogens is 4. The number of hydrogen-bond donors (Lipinski definition) is 4. The molecule has 3 fully saturated rings. The molecule has 2 bridgehead atoms. The van der Waals surface area contributed by atoms with Crippen LogP contribution in [0, 0.1) is 11.8 Å². The van der Waals surface area contributed by atoms with E-state index in [9.17, 15) is 19.2 Å². The number of ether oxygens (including phenoxy) is 2. The molecule has 6 atom stereocenters. The molecule has 4 amide bonds. The van der Waals surface area contributed by atoms with E-state index in [1.54, 1.807) is 48.5 Å². The Labute approximate surface area is 431 Å². The van der Waals surface area contributed by atoms with Crippen LogP contribution < -0.4 is 20.1 Å². The summed E-state index contributed by atoms with van der Waals surface area (Å²) >= 11 is 0. The molecule has 11 rings (SSSR count). The van der Waals surface area contributed by atoms with Crippen molar-refractivity contribution in [2.45, 2.75) is 115 Å². The van der Waals surface area contributed by atoms with Crippen molar-refractivity contribution in [3.8, 4) is 45.0 Å². The van der Waals surface area contributed by atoms with Gasteiger partial charge in [-0.2, -0.15) is 0 Å². The summed E-state index contributed by atoms with van der Waals surface area (Å²) in [7, 11) is 0. The Hall–Kier alpha value is -7.74. The summed E-state index contributed by atoms with van der Waals surface area (Å²) in [5.74, 6) is 3.10. The maximum atomic E-state index is 14.2. The molecule has 4 heterocycles. The fourth-order valence-electron chi connectivity index (χ4n) is 12.1. The summed E-state index contributed by atoms with van der Waals surface area (Å²) in [5.41, 5.74) is 11.5. The number of nitrogens with one attached hydrogen (secondary N) is 4. The van der Waals surface area contributed by atoms with Gasteiger partial charge in [-0.25, -0.2) is 19.6 Å². The number of fused-ring (bicyclic) bond motifs is 6. The molecule has 2 aliphatic heterocycles. The van der Waals surface area contributed by atoms with E-state index in [1.165, 1.54) is 47.1 Å². The van der Waals surface area contributed by atoms with Crippen LogP contribution in [0.3, 0.4) is 0 Å². The number of carbonyl (C=O) groups excluding carboxylic acids is 4. The summed E-state index contributed by atoms with van der Waals surface area (Å²) in [6, 6.07) is 35.6. The first-order chi connectivity index (χ1) is 35.9. The molecule has 2 saturated heterocycles. The van der Waals surface area contributed by atoms with Gasteiger partial charge in [-0.3, -0.25) is 9.59 Å².